The normalized spacial score (nSPS) is 13.6. The average Bonchev–Trinajstić information content (AvgIpc) is 2.34. The van der Waals surface area contributed by atoms with Crippen LogP contribution >= 0.6 is 0 Å². The molecule has 0 aliphatic heterocycles. The lowest BCUT2D eigenvalue weighted by Crippen LogP contribution is -2.30. The van der Waals surface area contributed by atoms with E-state index in [2.05, 4.69) is 5.32 Å². The molecule has 1 aromatic rings. The van der Waals surface area contributed by atoms with Gasteiger partial charge in [0, 0.05) is 26.2 Å². The molecule has 1 unspecified atom stereocenters. The van der Waals surface area contributed by atoms with E-state index in [1.165, 1.54) is 6.07 Å². The Bertz CT molecular complexity index is 369. The van der Waals surface area contributed by atoms with Gasteiger partial charge in [0.25, 0.3) is 0 Å². The lowest BCUT2D eigenvalue weighted by atomic mass is 10.0. The van der Waals surface area contributed by atoms with Crippen molar-refractivity contribution in [2.75, 3.05) is 26.8 Å². The van der Waals surface area contributed by atoms with Crippen LogP contribution in [0, 0.1) is 0 Å². The zero-order valence-corrected chi connectivity index (χ0v) is 10.1. The summed E-state index contributed by atoms with van der Waals surface area (Å²) in [6, 6.07) is 4.89. The van der Waals surface area contributed by atoms with Crippen LogP contribution in [0.15, 0.2) is 24.3 Å². The molecule has 0 fully saturated rings. The average molecular weight is 262 g/mol. The molecule has 3 N–H and O–H groups in total. The van der Waals surface area contributed by atoms with Crippen molar-refractivity contribution in [3.05, 3.63) is 35.4 Å². The number of benzene rings is 1. The van der Waals surface area contributed by atoms with Gasteiger partial charge in [0.05, 0.1) is 12.2 Å². The highest BCUT2D eigenvalue weighted by Gasteiger charge is 2.30. The topological polar surface area (TPSA) is 47.3 Å². The molecule has 102 valence electrons. The van der Waals surface area contributed by atoms with Crippen LogP contribution in [-0.4, -0.2) is 26.8 Å². The summed E-state index contributed by atoms with van der Waals surface area (Å²) in [6.45, 7) is 1.25. The maximum absolute atomic E-state index is 12.6. The number of alkyl halides is 3. The van der Waals surface area contributed by atoms with Gasteiger partial charge in [-0.3, -0.25) is 0 Å². The zero-order valence-electron chi connectivity index (χ0n) is 10.1. The van der Waals surface area contributed by atoms with Gasteiger partial charge < -0.3 is 15.8 Å². The van der Waals surface area contributed by atoms with Crippen molar-refractivity contribution in [3.63, 3.8) is 0 Å². The van der Waals surface area contributed by atoms with Gasteiger partial charge in [0.15, 0.2) is 0 Å². The molecule has 1 rings (SSSR count). The largest absolute Gasteiger partial charge is 0.416 e. The lowest BCUT2D eigenvalue weighted by Gasteiger charge is -2.18. The van der Waals surface area contributed by atoms with Crippen LogP contribution in [0.25, 0.3) is 0 Å². The van der Waals surface area contributed by atoms with Crippen LogP contribution in [0.1, 0.15) is 17.2 Å². The van der Waals surface area contributed by atoms with Crippen molar-refractivity contribution < 1.29 is 17.9 Å². The van der Waals surface area contributed by atoms with E-state index in [-0.39, 0.29) is 12.6 Å². The summed E-state index contributed by atoms with van der Waals surface area (Å²) in [5.41, 5.74) is 5.43. The highest BCUT2D eigenvalue weighted by molar-refractivity contribution is 5.28. The standard InChI is InChI=1S/C12H17F3N2O/c1-18-6-5-17-11(8-16)9-3-2-4-10(7-9)12(13,14)15/h2-4,7,11,17H,5-6,8,16H2,1H3. The van der Waals surface area contributed by atoms with Gasteiger partial charge in [0.2, 0.25) is 0 Å². The molecule has 0 bridgehead atoms. The molecule has 18 heavy (non-hydrogen) atoms. The summed E-state index contributed by atoms with van der Waals surface area (Å²) < 4.78 is 42.6. The van der Waals surface area contributed by atoms with E-state index in [4.69, 9.17) is 10.5 Å². The maximum Gasteiger partial charge on any atom is 0.416 e. The molecule has 0 amide bonds. The van der Waals surface area contributed by atoms with E-state index < -0.39 is 11.7 Å². The van der Waals surface area contributed by atoms with E-state index in [9.17, 15) is 13.2 Å². The Kier molecular flexibility index (Phi) is 5.58. The SMILES string of the molecule is COCCNC(CN)c1cccc(C(F)(F)F)c1. The molecule has 6 heteroatoms. The number of halogens is 3. The van der Waals surface area contributed by atoms with E-state index in [0.29, 0.717) is 18.7 Å². The minimum absolute atomic E-state index is 0.227. The Morgan fingerprint density at radius 1 is 1.39 bits per heavy atom. The number of methoxy groups -OCH3 is 1. The highest BCUT2D eigenvalue weighted by atomic mass is 19.4. The number of nitrogens with two attached hydrogens (primary N) is 1. The van der Waals surface area contributed by atoms with Crippen LogP contribution in [-0.2, 0) is 10.9 Å². The van der Waals surface area contributed by atoms with E-state index >= 15 is 0 Å². The van der Waals surface area contributed by atoms with Gasteiger partial charge in [0.1, 0.15) is 0 Å². The predicted octanol–water partition coefficient (Wildman–Crippen LogP) is 1.94. The third-order valence-electron chi connectivity index (χ3n) is 2.55. The van der Waals surface area contributed by atoms with Gasteiger partial charge >= 0.3 is 6.18 Å². The monoisotopic (exact) mass is 262 g/mol. The summed E-state index contributed by atoms with van der Waals surface area (Å²) in [5.74, 6) is 0. The number of ether oxygens (including phenoxy) is 1. The van der Waals surface area contributed by atoms with Crippen molar-refractivity contribution in [1.82, 2.24) is 5.32 Å². The number of nitrogens with one attached hydrogen (secondary N) is 1. The maximum atomic E-state index is 12.6. The number of hydrogen-bond acceptors (Lipinski definition) is 3. The van der Waals surface area contributed by atoms with Gasteiger partial charge in [-0.05, 0) is 17.7 Å². The Morgan fingerprint density at radius 2 is 2.11 bits per heavy atom. The highest BCUT2D eigenvalue weighted by Crippen LogP contribution is 2.30. The molecule has 0 saturated carbocycles. The molecule has 0 radical (unpaired) electrons. The van der Waals surface area contributed by atoms with Gasteiger partial charge in [-0.2, -0.15) is 13.2 Å². The Morgan fingerprint density at radius 3 is 2.67 bits per heavy atom. The summed E-state index contributed by atoms with van der Waals surface area (Å²) in [5, 5.41) is 3.05. The fraction of sp³-hybridized carbons (Fsp3) is 0.500. The summed E-state index contributed by atoms with van der Waals surface area (Å²) in [7, 11) is 1.56. The molecule has 0 aliphatic carbocycles. The predicted molar refractivity (Wildman–Crippen MR) is 63.1 cm³/mol. The Labute approximate surface area is 104 Å². The third kappa shape index (κ3) is 4.29. The van der Waals surface area contributed by atoms with Crippen molar-refractivity contribution in [1.29, 1.82) is 0 Å². The van der Waals surface area contributed by atoms with Crippen molar-refractivity contribution in [2.24, 2.45) is 5.73 Å². The third-order valence-corrected chi connectivity index (χ3v) is 2.55. The lowest BCUT2D eigenvalue weighted by molar-refractivity contribution is -0.137. The smallest absolute Gasteiger partial charge is 0.383 e. The van der Waals surface area contributed by atoms with E-state index in [1.54, 1.807) is 13.2 Å². The van der Waals surface area contributed by atoms with Crippen molar-refractivity contribution >= 4 is 0 Å². The molecule has 3 nitrogen and oxygen atoms in total. The molecule has 0 spiro atoms. The molecule has 0 aliphatic rings. The molecule has 0 aromatic heterocycles. The van der Waals surface area contributed by atoms with Crippen LogP contribution in [0.3, 0.4) is 0 Å². The summed E-state index contributed by atoms with van der Waals surface area (Å²) >= 11 is 0. The minimum Gasteiger partial charge on any atom is -0.383 e. The van der Waals surface area contributed by atoms with Gasteiger partial charge in [-0.1, -0.05) is 12.1 Å². The van der Waals surface area contributed by atoms with Crippen LogP contribution in [0.2, 0.25) is 0 Å². The minimum atomic E-state index is -4.33. The Balaban J connectivity index is 2.79. The molecular formula is C12H17F3N2O. The van der Waals surface area contributed by atoms with Crippen LogP contribution in [0.4, 0.5) is 13.2 Å². The Hall–Kier alpha value is -1.11. The second kappa shape index (κ2) is 6.72. The first-order valence-corrected chi connectivity index (χ1v) is 5.58. The quantitative estimate of drug-likeness (QED) is 0.770. The number of rotatable bonds is 6. The fourth-order valence-corrected chi connectivity index (χ4v) is 1.60. The van der Waals surface area contributed by atoms with E-state index in [1.807, 2.05) is 0 Å². The molecule has 1 aromatic carbocycles. The van der Waals surface area contributed by atoms with Gasteiger partial charge in [-0.15, -0.1) is 0 Å². The zero-order chi connectivity index (χ0) is 13.6. The first-order chi connectivity index (χ1) is 8.49. The molecular weight excluding hydrogens is 245 g/mol. The van der Waals surface area contributed by atoms with Crippen molar-refractivity contribution in [3.8, 4) is 0 Å². The molecule has 0 heterocycles. The second-order valence-corrected chi connectivity index (χ2v) is 3.86. The molecule has 0 saturated heterocycles. The summed E-state index contributed by atoms with van der Waals surface area (Å²) in [6.07, 6.45) is -4.33. The summed E-state index contributed by atoms with van der Waals surface area (Å²) in [4.78, 5) is 0. The fourth-order valence-electron chi connectivity index (χ4n) is 1.60. The van der Waals surface area contributed by atoms with Crippen molar-refractivity contribution in [2.45, 2.75) is 12.2 Å². The number of hydrogen-bond donors (Lipinski definition) is 2. The second-order valence-electron chi connectivity index (χ2n) is 3.86. The first-order valence-electron chi connectivity index (χ1n) is 5.58. The van der Waals surface area contributed by atoms with Gasteiger partial charge in [-0.25, -0.2) is 0 Å². The van der Waals surface area contributed by atoms with Crippen LogP contribution in [0.5, 0.6) is 0 Å². The first kappa shape index (κ1) is 14.9. The van der Waals surface area contributed by atoms with E-state index in [0.717, 1.165) is 12.1 Å². The van der Waals surface area contributed by atoms with Crippen LogP contribution < -0.4 is 11.1 Å². The molecule has 1 atom stereocenters.